The van der Waals surface area contributed by atoms with Crippen molar-refractivity contribution >= 4 is 16.9 Å². The van der Waals surface area contributed by atoms with E-state index in [-0.39, 0.29) is 17.6 Å². The summed E-state index contributed by atoms with van der Waals surface area (Å²) in [5.74, 6) is 0.781. The molecule has 2 aliphatic rings. The lowest BCUT2D eigenvalue weighted by atomic mass is 9.96. The molecule has 1 amide bonds. The molecule has 5 rings (SSSR count). The molecular weight excluding hydrogens is 414 g/mol. The van der Waals surface area contributed by atoms with E-state index in [0.717, 1.165) is 69.4 Å². The smallest absolute Gasteiger partial charge is 0.326 e. The first-order valence-electron chi connectivity index (χ1n) is 12.3. The summed E-state index contributed by atoms with van der Waals surface area (Å²) in [6.45, 7) is 4.86. The largest absolute Gasteiger partial charge is 0.339 e. The zero-order chi connectivity index (χ0) is 22.6. The number of aromatic amines is 1. The summed E-state index contributed by atoms with van der Waals surface area (Å²) in [6.07, 6.45) is 9.93. The van der Waals surface area contributed by atoms with Crippen LogP contribution in [-0.2, 0) is 0 Å². The predicted molar refractivity (Wildman–Crippen MR) is 129 cm³/mol. The number of likely N-dealkylation sites (tertiary alicyclic amines) is 2. The van der Waals surface area contributed by atoms with Crippen molar-refractivity contribution in [3.8, 4) is 0 Å². The van der Waals surface area contributed by atoms with Crippen LogP contribution in [0.3, 0.4) is 0 Å². The van der Waals surface area contributed by atoms with Crippen LogP contribution in [-0.4, -0.2) is 63.0 Å². The number of hydrogen-bond donors (Lipinski definition) is 1. The predicted octanol–water partition coefficient (Wildman–Crippen LogP) is 3.69. The van der Waals surface area contributed by atoms with Crippen LogP contribution in [0, 0.1) is 5.92 Å². The van der Waals surface area contributed by atoms with E-state index in [1.165, 1.54) is 12.8 Å². The van der Waals surface area contributed by atoms with Gasteiger partial charge in [0.15, 0.2) is 0 Å². The van der Waals surface area contributed by atoms with E-state index in [1.54, 1.807) is 12.4 Å². The molecule has 1 atom stereocenters. The fraction of sp³-hybridized carbons (Fsp3) is 0.500. The molecule has 1 N–H and O–H groups in total. The summed E-state index contributed by atoms with van der Waals surface area (Å²) < 4.78 is 1.96. The van der Waals surface area contributed by atoms with Crippen LogP contribution >= 0.6 is 0 Å². The maximum Gasteiger partial charge on any atom is 0.326 e. The topological polar surface area (TPSA) is 74.2 Å². The zero-order valence-electron chi connectivity index (χ0n) is 19.2. The molecule has 0 aliphatic carbocycles. The molecule has 0 spiro atoms. The number of fused-ring (bicyclic) bond motifs is 1. The molecule has 4 heterocycles. The van der Waals surface area contributed by atoms with E-state index in [4.69, 9.17) is 0 Å². The maximum atomic E-state index is 12.7. The van der Waals surface area contributed by atoms with E-state index in [2.05, 4.69) is 14.9 Å². The Labute approximate surface area is 194 Å². The fourth-order valence-electron chi connectivity index (χ4n) is 5.53. The minimum atomic E-state index is 0.0125. The lowest BCUT2D eigenvalue weighted by Crippen LogP contribution is -2.38. The van der Waals surface area contributed by atoms with Crippen LogP contribution in [0.1, 0.15) is 54.9 Å². The van der Waals surface area contributed by atoms with Crippen LogP contribution < -0.4 is 5.69 Å². The molecule has 0 unspecified atom stereocenters. The first-order valence-corrected chi connectivity index (χ1v) is 12.3. The lowest BCUT2D eigenvalue weighted by Gasteiger charge is -2.33. The molecule has 33 heavy (non-hydrogen) atoms. The number of nitrogens with zero attached hydrogens (tertiary/aromatic N) is 4. The molecule has 0 bridgehead atoms. The summed E-state index contributed by atoms with van der Waals surface area (Å²) in [7, 11) is 0. The Hall–Kier alpha value is -2.93. The van der Waals surface area contributed by atoms with Gasteiger partial charge in [0.25, 0.3) is 5.91 Å². The number of pyridine rings is 1. The minimum absolute atomic E-state index is 0.0125. The molecule has 2 saturated heterocycles. The highest BCUT2D eigenvalue weighted by atomic mass is 16.2. The van der Waals surface area contributed by atoms with E-state index in [1.807, 2.05) is 45.9 Å². The van der Waals surface area contributed by atoms with Crippen LogP contribution in [0.4, 0.5) is 0 Å². The van der Waals surface area contributed by atoms with Gasteiger partial charge >= 0.3 is 5.69 Å². The van der Waals surface area contributed by atoms with E-state index in [9.17, 15) is 9.59 Å². The zero-order valence-corrected chi connectivity index (χ0v) is 19.2. The van der Waals surface area contributed by atoms with Gasteiger partial charge in [-0.1, -0.05) is 12.1 Å². The van der Waals surface area contributed by atoms with Crippen molar-refractivity contribution in [1.82, 2.24) is 24.3 Å². The minimum Gasteiger partial charge on any atom is -0.339 e. The highest BCUT2D eigenvalue weighted by Gasteiger charge is 2.25. The number of carbonyl (C=O) groups is 1. The monoisotopic (exact) mass is 447 g/mol. The SMILES string of the molecule is O=C(c1cccnc1)N1CCC[C@@H](CCN2CCC(n3c(=O)[nH]c4ccccc43)CC2)CC1. The van der Waals surface area contributed by atoms with Gasteiger partial charge in [-0.15, -0.1) is 0 Å². The number of benzene rings is 1. The van der Waals surface area contributed by atoms with Crippen molar-refractivity contribution in [1.29, 1.82) is 0 Å². The third-order valence-electron chi connectivity index (χ3n) is 7.44. The number of amides is 1. The van der Waals surface area contributed by atoms with Gasteiger partial charge < -0.3 is 14.8 Å². The highest BCUT2D eigenvalue weighted by Crippen LogP contribution is 2.27. The van der Waals surface area contributed by atoms with Crippen LogP contribution in [0.15, 0.2) is 53.6 Å². The van der Waals surface area contributed by atoms with Crippen LogP contribution in [0.25, 0.3) is 11.0 Å². The molecule has 1 aromatic carbocycles. The van der Waals surface area contributed by atoms with Crippen LogP contribution in [0.5, 0.6) is 0 Å². The number of H-pyrrole nitrogens is 1. The van der Waals surface area contributed by atoms with Gasteiger partial charge in [-0.25, -0.2) is 4.79 Å². The van der Waals surface area contributed by atoms with Crippen LogP contribution in [0.2, 0.25) is 0 Å². The number of hydrogen-bond acceptors (Lipinski definition) is 4. The molecule has 7 nitrogen and oxygen atoms in total. The third-order valence-corrected chi connectivity index (χ3v) is 7.44. The van der Waals surface area contributed by atoms with E-state index >= 15 is 0 Å². The van der Waals surface area contributed by atoms with Crippen molar-refractivity contribution < 1.29 is 4.79 Å². The number of piperidine rings is 1. The second-order valence-corrected chi connectivity index (χ2v) is 9.51. The fourth-order valence-corrected chi connectivity index (χ4v) is 5.53. The first-order chi connectivity index (χ1) is 16.2. The number of aromatic nitrogens is 3. The number of para-hydroxylation sites is 2. The Balaban J connectivity index is 1.10. The maximum absolute atomic E-state index is 12.7. The van der Waals surface area contributed by atoms with Gasteiger partial charge in [-0.05, 0) is 75.3 Å². The molecule has 2 aromatic heterocycles. The summed E-state index contributed by atoms with van der Waals surface area (Å²) in [5, 5.41) is 0. The van der Waals surface area contributed by atoms with Crippen molar-refractivity contribution in [2.45, 2.75) is 44.6 Å². The Bertz CT molecular complexity index is 1130. The summed E-state index contributed by atoms with van der Waals surface area (Å²) in [5.41, 5.74) is 2.64. The number of nitrogens with one attached hydrogen (secondary N) is 1. The summed E-state index contributed by atoms with van der Waals surface area (Å²) in [6, 6.07) is 11.9. The van der Waals surface area contributed by atoms with E-state index < -0.39 is 0 Å². The van der Waals surface area contributed by atoms with Gasteiger partial charge in [-0.3, -0.25) is 14.3 Å². The molecule has 7 heteroatoms. The molecule has 0 saturated carbocycles. The summed E-state index contributed by atoms with van der Waals surface area (Å²) >= 11 is 0. The number of carbonyl (C=O) groups excluding carboxylic acids is 1. The lowest BCUT2D eigenvalue weighted by molar-refractivity contribution is 0.0759. The second-order valence-electron chi connectivity index (χ2n) is 9.51. The van der Waals surface area contributed by atoms with Crippen molar-refractivity contribution in [3.05, 3.63) is 64.8 Å². The van der Waals surface area contributed by atoms with Gasteiger partial charge in [0.05, 0.1) is 16.6 Å². The standard InChI is InChI=1S/C26H33N5O2/c32-25(21-6-3-13-27-19-21)30-14-4-5-20(10-18-30)9-15-29-16-11-22(12-17-29)31-24-8-2-1-7-23(24)28-26(31)33/h1-3,6-8,13,19-20,22H,4-5,9-12,14-18H2,(H,28,33)/t20-/m0/s1. The van der Waals surface area contributed by atoms with E-state index in [0.29, 0.717) is 11.5 Å². The van der Waals surface area contributed by atoms with Gasteiger partial charge in [0.1, 0.15) is 0 Å². The molecule has 2 fully saturated rings. The molecule has 0 radical (unpaired) electrons. The third kappa shape index (κ3) is 4.88. The van der Waals surface area contributed by atoms with Gasteiger partial charge in [0, 0.05) is 44.6 Å². The average molecular weight is 448 g/mol. The van der Waals surface area contributed by atoms with Crippen molar-refractivity contribution in [2.24, 2.45) is 5.92 Å². The number of imidazole rings is 1. The molecular formula is C26H33N5O2. The normalized spacial score (nSPS) is 20.7. The molecule has 2 aliphatic heterocycles. The summed E-state index contributed by atoms with van der Waals surface area (Å²) in [4.78, 5) is 36.9. The second kappa shape index (κ2) is 9.91. The Morgan fingerprint density at radius 2 is 1.85 bits per heavy atom. The Kier molecular flexibility index (Phi) is 6.58. The average Bonchev–Trinajstić information content (AvgIpc) is 3.02. The molecule has 3 aromatic rings. The Morgan fingerprint density at radius 3 is 2.67 bits per heavy atom. The molecule has 174 valence electrons. The quantitative estimate of drug-likeness (QED) is 0.647. The number of rotatable bonds is 5. The van der Waals surface area contributed by atoms with Gasteiger partial charge in [0.2, 0.25) is 0 Å². The van der Waals surface area contributed by atoms with Crippen molar-refractivity contribution in [3.63, 3.8) is 0 Å². The van der Waals surface area contributed by atoms with Gasteiger partial charge in [-0.2, -0.15) is 0 Å². The van der Waals surface area contributed by atoms with Crippen molar-refractivity contribution in [2.75, 3.05) is 32.7 Å². The first kappa shape index (κ1) is 21.9. The highest BCUT2D eigenvalue weighted by molar-refractivity contribution is 5.93. The Morgan fingerprint density at radius 1 is 1.00 bits per heavy atom.